The third kappa shape index (κ3) is 2.85. The van der Waals surface area contributed by atoms with E-state index >= 15 is 0 Å². The first-order valence-corrected chi connectivity index (χ1v) is 11.3. The van der Waals surface area contributed by atoms with Gasteiger partial charge in [-0.15, -0.1) is 0 Å². The fourth-order valence-corrected chi connectivity index (χ4v) is 5.92. The second-order valence-corrected chi connectivity index (χ2v) is 10.3. The molecule has 150 valence electrons. The van der Waals surface area contributed by atoms with E-state index in [0.717, 1.165) is 29.4 Å². The molecule has 0 amide bonds. The number of hydrogen-bond acceptors (Lipinski definition) is 5. The lowest BCUT2D eigenvalue weighted by molar-refractivity contribution is 0.0691. The van der Waals surface area contributed by atoms with Crippen LogP contribution in [0.4, 0.5) is 0 Å². The molecule has 0 atom stereocenters. The number of aromatic carboxylic acids is 1. The molecule has 0 saturated heterocycles. The van der Waals surface area contributed by atoms with Gasteiger partial charge >= 0.3 is 5.97 Å². The summed E-state index contributed by atoms with van der Waals surface area (Å²) in [5.74, 6) is -0.781. The molecule has 0 aliphatic heterocycles. The van der Waals surface area contributed by atoms with E-state index in [0.29, 0.717) is 40.3 Å². The van der Waals surface area contributed by atoms with Crippen LogP contribution in [0.5, 0.6) is 0 Å². The van der Waals surface area contributed by atoms with Crippen LogP contribution in [0.2, 0.25) is 0 Å². The maximum atomic E-state index is 12.7. The van der Waals surface area contributed by atoms with Crippen molar-refractivity contribution in [2.45, 2.75) is 48.7 Å². The van der Waals surface area contributed by atoms with Crippen molar-refractivity contribution in [3.63, 3.8) is 0 Å². The molecular formula is C21H21N3O4S. The second kappa shape index (κ2) is 6.13. The largest absolute Gasteiger partial charge is 0.476 e. The molecule has 2 aliphatic rings. The highest BCUT2D eigenvalue weighted by Crippen LogP contribution is 2.46. The van der Waals surface area contributed by atoms with Crippen molar-refractivity contribution in [1.82, 2.24) is 14.8 Å². The molecule has 2 aliphatic carbocycles. The van der Waals surface area contributed by atoms with Gasteiger partial charge in [0.25, 0.3) is 0 Å². The molecule has 0 spiro atoms. The van der Waals surface area contributed by atoms with Gasteiger partial charge < -0.3 is 5.11 Å². The van der Waals surface area contributed by atoms with Crippen molar-refractivity contribution >= 4 is 26.7 Å². The van der Waals surface area contributed by atoms with Gasteiger partial charge in [-0.2, -0.15) is 5.10 Å². The van der Waals surface area contributed by atoms with E-state index in [2.05, 4.69) is 10.1 Å². The molecular weight excluding hydrogens is 390 g/mol. The number of aryl methyl sites for hydroxylation is 2. The highest BCUT2D eigenvalue weighted by atomic mass is 32.2. The van der Waals surface area contributed by atoms with Gasteiger partial charge in [0.05, 0.1) is 27.6 Å². The fourth-order valence-electron chi connectivity index (χ4n) is 4.04. The monoisotopic (exact) mass is 411 g/mol. The molecule has 8 heteroatoms. The first kappa shape index (κ1) is 18.3. The fraction of sp³-hybridized carbons (Fsp3) is 0.381. The third-order valence-corrected chi connectivity index (χ3v) is 8.24. The van der Waals surface area contributed by atoms with Gasteiger partial charge in [-0.05, 0) is 49.8 Å². The zero-order chi connectivity index (χ0) is 20.5. The lowest BCUT2D eigenvalue weighted by Crippen LogP contribution is -2.09. The molecule has 0 bridgehead atoms. The lowest BCUT2D eigenvalue weighted by Gasteiger charge is -2.12. The first-order valence-electron chi connectivity index (χ1n) is 9.73. The molecule has 3 aromatic rings. The van der Waals surface area contributed by atoms with E-state index < -0.39 is 15.8 Å². The first-order chi connectivity index (χ1) is 13.8. The number of pyridine rings is 1. The second-order valence-electron chi connectivity index (χ2n) is 8.05. The quantitative estimate of drug-likeness (QED) is 0.690. The van der Waals surface area contributed by atoms with E-state index in [1.807, 2.05) is 7.05 Å². The zero-order valence-electron chi connectivity index (χ0n) is 16.2. The van der Waals surface area contributed by atoms with Crippen molar-refractivity contribution in [2.75, 3.05) is 0 Å². The molecule has 2 heterocycles. The summed E-state index contributed by atoms with van der Waals surface area (Å²) in [6.07, 6.45) is 5.04. The van der Waals surface area contributed by atoms with E-state index in [-0.39, 0.29) is 10.9 Å². The van der Waals surface area contributed by atoms with Gasteiger partial charge in [0.2, 0.25) is 0 Å². The number of aromatic nitrogens is 3. The highest BCUT2D eigenvalue weighted by Gasteiger charge is 2.38. The summed E-state index contributed by atoms with van der Waals surface area (Å²) in [6, 6.07) is 5.08. The smallest absolute Gasteiger partial charge is 0.355 e. The molecule has 2 aromatic heterocycles. The minimum Gasteiger partial charge on any atom is -0.476 e. The molecule has 7 nitrogen and oxygen atoms in total. The summed E-state index contributed by atoms with van der Waals surface area (Å²) in [6.45, 7) is 1.76. The van der Waals surface area contributed by atoms with Crippen molar-refractivity contribution in [3.05, 3.63) is 41.3 Å². The molecule has 5 rings (SSSR count). The van der Waals surface area contributed by atoms with Gasteiger partial charge in [-0.3, -0.25) is 4.68 Å². The van der Waals surface area contributed by atoms with Crippen LogP contribution in [0, 0.1) is 6.92 Å². The van der Waals surface area contributed by atoms with E-state index in [4.69, 9.17) is 0 Å². The minimum atomic E-state index is -3.32. The van der Waals surface area contributed by atoms with Gasteiger partial charge in [-0.25, -0.2) is 18.2 Å². The Morgan fingerprint density at radius 1 is 1.21 bits per heavy atom. The van der Waals surface area contributed by atoms with Gasteiger partial charge in [0.1, 0.15) is 0 Å². The Hall–Kier alpha value is -2.74. The Kier molecular flexibility index (Phi) is 3.87. The van der Waals surface area contributed by atoms with Crippen LogP contribution < -0.4 is 0 Å². The van der Waals surface area contributed by atoms with Gasteiger partial charge in [0.15, 0.2) is 15.5 Å². The number of carbonyl (C=O) groups is 1. The summed E-state index contributed by atoms with van der Waals surface area (Å²) in [5, 5.41) is 14.9. The van der Waals surface area contributed by atoms with Crippen molar-refractivity contribution < 1.29 is 18.3 Å². The lowest BCUT2D eigenvalue weighted by atomic mass is 9.96. The predicted molar refractivity (Wildman–Crippen MR) is 108 cm³/mol. The number of fused-ring (bicyclic) bond motifs is 1. The maximum Gasteiger partial charge on any atom is 0.355 e. The summed E-state index contributed by atoms with van der Waals surface area (Å²) in [7, 11) is -1.49. The SMILES string of the molecule is Cc1cc(-c2c(C(=O)O)ncc3c2c(C2CC2)nn3C)ccc1S(=O)(=O)C1CC1. The summed E-state index contributed by atoms with van der Waals surface area (Å²) in [4.78, 5) is 16.5. The average molecular weight is 411 g/mol. The Morgan fingerprint density at radius 2 is 1.93 bits per heavy atom. The van der Waals surface area contributed by atoms with Crippen molar-refractivity contribution in [1.29, 1.82) is 0 Å². The third-order valence-electron chi connectivity index (χ3n) is 5.82. The number of nitrogens with zero attached hydrogens (tertiary/aromatic N) is 3. The highest BCUT2D eigenvalue weighted by molar-refractivity contribution is 7.92. The zero-order valence-corrected chi connectivity index (χ0v) is 17.0. The molecule has 1 aromatic carbocycles. The van der Waals surface area contributed by atoms with E-state index in [9.17, 15) is 18.3 Å². The number of benzene rings is 1. The number of rotatable bonds is 5. The van der Waals surface area contributed by atoms with Crippen LogP contribution >= 0.6 is 0 Å². The molecule has 2 fully saturated rings. The number of sulfone groups is 1. The number of carboxylic acid groups (broad SMARTS) is 1. The topological polar surface area (TPSA) is 102 Å². The molecule has 1 N–H and O–H groups in total. The normalized spacial score (nSPS) is 17.0. The van der Waals surface area contributed by atoms with Crippen LogP contribution in [-0.2, 0) is 16.9 Å². The van der Waals surface area contributed by atoms with Crippen LogP contribution in [0.15, 0.2) is 29.3 Å². The van der Waals surface area contributed by atoms with Crippen LogP contribution in [0.25, 0.3) is 22.0 Å². The molecule has 0 radical (unpaired) electrons. The van der Waals surface area contributed by atoms with Crippen molar-refractivity contribution in [2.24, 2.45) is 7.05 Å². The van der Waals surface area contributed by atoms with Crippen LogP contribution in [-0.4, -0.2) is 39.5 Å². The standard InChI is InChI=1S/C21H21N3O4S/c1-11-9-13(5-8-16(11)29(27,28)14-6-7-14)17-18-15(10-22-20(17)21(25)26)24(2)23-19(18)12-3-4-12/h5,8-10,12,14H,3-4,6-7H2,1-2H3,(H,25,26). The number of carboxylic acids is 1. The van der Waals surface area contributed by atoms with Gasteiger partial charge in [-0.1, -0.05) is 12.1 Å². The Morgan fingerprint density at radius 3 is 2.52 bits per heavy atom. The summed E-state index contributed by atoms with van der Waals surface area (Å²) < 4.78 is 27.1. The number of hydrogen-bond donors (Lipinski definition) is 1. The van der Waals surface area contributed by atoms with Crippen LogP contribution in [0.1, 0.15) is 53.3 Å². The average Bonchev–Trinajstić information content (AvgIpc) is 3.58. The van der Waals surface area contributed by atoms with Gasteiger partial charge in [0, 0.05) is 23.9 Å². The minimum absolute atomic E-state index is 0.0374. The maximum absolute atomic E-state index is 12.7. The van der Waals surface area contributed by atoms with E-state index in [1.54, 1.807) is 36.0 Å². The predicted octanol–water partition coefficient (Wildman–Crippen LogP) is 3.46. The summed E-state index contributed by atoms with van der Waals surface area (Å²) in [5.41, 5.74) is 3.43. The molecule has 0 unspecified atom stereocenters. The Bertz CT molecular complexity index is 1280. The van der Waals surface area contributed by atoms with Crippen molar-refractivity contribution in [3.8, 4) is 11.1 Å². The van der Waals surface area contributed by atoms with E-state index in [1.165, 1.54) is 0 Å². The summed E-state index contributed by atoms with van der Waals surface area (Å²) >= 11 is 0. The Labute approximate surface area is 168 Å². The molecule has 2 saturated carbocycles. The van der Waals surface area contributed by atoms with Crippen LogP contribution in [0.3, 0.4) is 0 Å². The molecule has 29 heavy (non-hydrogen) atoms. The Balaban J connectivity index is 1.77.